The third kappa shape index (κ3) is 4.23. The van der Waals surface area contributed by atoms with Crippen LogP contribution in [0.3, 0.4) is 0 Å². The fourth-order valence-electron chi connectivity index (χ4n) is 3.84. The zero-order chi connectivity index (χ0) is 21.8. The quantitative estimate of drug-likeness (QED) is 0.623. The lowest BCUT2D eigenvalue weighted by molar-refractivity contribution is -0.130. The fourth-order valence-corrected chi connectivity index (χ4v) is 3.84. The maximum Gasteiger partial charge on any atom is 0.290 e. The average Bonchev–Trinajstić information content (AvgIpc) is 3.04. The number of hydrogen-bond acceptors (Lipinski definition) is 4. The van der Waals surface area contributed by atoms with Crippen LogP contribution in [0.5, 0.6) is 0 Å². The Balaban J connectivity index is 1.68. The van der Waals surface area contributed by atoms with Gasteiger partial charge in [-0.3, -0.25) is 14.6 Å². The number of aryl methyl sites for hydroxylation is 1. The largest absolute Gasteiger partial charge is 0.503 e. The number of aliphatic hydroxyl groups is 1. The number of Topliss-reactive ketones (excluding diaryl/α,β-unsaturated/α-hetero) is 1. The van der Waals surface area contributed by atoms with Gasteiger partial charge in [0.15, 0.2) is 11.5 Å². The van der Waals surface area contributed by atoms with Gasteiger partial charge in [0, 0.05) is 30.9 Å². The minimum atomic E-state index is -0.995. The van der Waals surface area contributed by atoms with E-state index in [0.717, 1.165) is 11.1 Å². The van der Waals surface area contributed by atoms with E-state index in [9.17, 15) is 19.1 Å². The van der Waals surface area contributed by atoms with Crippen LogP contribution in [0.4, 0.5) is 4.39 Å². The van der Waals surface area contributed by atoms with E-state index in [1.807, 2.05) is 30.3 Å². The first-order valence-corrected chi connectivity index (χ1v) is 10.0. The smallest absolute Gasteiger partial charge is 0.290 e. The maximum absolute atomic E-state index is 14.7. The van der Waals surface area contributed by atoms with Crippen molar-refractivity contribution in [3.05, 3.63) is 113 Å². The highest BCUT2D eigenvalue weighted by molar-refractivity contribution is 6.09. The summed E-state index contributed by atoms with van der Waals surface area (Å²) in [6.07, 6.45) is 3.74. The van der Waals surface area contributed by atoms with Gasteiger partial charge >= 0.3 is 0 Å². The second kappa shape index (κ2) is 8.92. The molecule has 1 atom stereocenters. The lowest BCUT2D eigenvalue weighted by atomic mass is 9.92. The number of aliphatic hydroxyl groups excluding tert-OH is 1. The molecule has 156 valence electrons. The van der Waals surface area contributed by atoms with E-state index in [2.05, 4.69) is 4.98 Å². The number of amides is 1. The predicted octanol–water partition coefficient (Wildman–Crippen LogP) is 4.32. The van der Waals surface area contributed by atoms with Gasteiger partial charge in [-0.15, -0.1) is 0 Å². The van der Waals surface area contributed by atoms with Crippen molar-refractivity contribution in [1.29, 1.82) is 0 Å². The molecule has 0 fully saturated rings. The van der Waals surface area contributed by atoms with E-state index in [4.69, 9.17) is 0 Å². The summed E-state index contributed by atoms with van der Waals surface area (Å²) < 4.78 is 14.7. The molecule has 4 rings (SSSR count). The van der Waals surface area contributed by atoms with Crippen LogP contribution in [0.2, 0.25) is 0 Å². The van der Waals surface area contributed by atoms with Crippen LogP contribution in [-0.4, -0.2) is 26.7 Å². The van der Waals surface area contributed by atoms with Crippen molar-refractivity contribution in [3.63, 3.8) is 0 Å². The zero-order valence-corrected chi connectivity index (χ0v) is 16.7. The summed E-state index contributed by atoms with van der Waals surface area (Å²) in [6.45, 7) is 0.111. The number of nitrogens with zero attached hydrogens (tertiary/aromatic N) is 2. The second-order valence-electron chi connectivity index (χ2n) is 7.38. The topological polar surface area (TPSA) is 70.5 Å². The molecule has 0 saturated carbocycles. The van der Waals surface area contributed by atoms with E-state index in [-0.39, 0.29) is 29.9 Å². The molecule has 0 radical (unpaired) electrons. The molecule has 0 spiro atoms. The number of ketones is 1. The number of halogens is 1. The van der Waals surface area contributed by atoms with Crippen LogP contribution in [0.25, 0.3) is 0 Å². The van der Waals surface area contributed by atoms with Crippen molar-refractivity contribution >= 4 is 11.7 Å². The van der Waals surface area contributed by atoms with Gasteiger partial charge in [0.25, 0.3) is 5.91 Å². The maximum atomic E-state index is 14.7. The van der Waals surface area contributed by atoms with E-state index >= 15 is 0 Å². The Bertz CT molecular complexity index is 1130. The van der Waals surface area contributed by atoms with Crippen LogP contribution >= 0.6 is 0 Å². The first kappa shape index (κ1) is 20.5. The summed E-state index contributed by atoms with van der Waals surface area (Å²) in [4.78, 5) is 31.4. The van der Waals surface area contributed by atoms with Crippen molar-refractivity contribution in [2.75, 3.05) is 0 Å². The molecule has 1 aliphatic heterocycles. The fraction of sp³-hybridized carbons (Fsp3) is 0.160. The molecule has 5 nitrogen and oxygen atoms in total. The van der Waals surface area contributed by atoms with E-state index < -0.39 is 23.5 Å². The number of benzene rings is 2. The van der Waals surface area contributed by atoms with Gasteiger partial charge in [0.2, 0.25) is 0 Å². The predicted molar refractivity (Wildman–Crippen MR) is 113 cm³/mol. The summed E-state index contributed by atoms with van der Waals surface area (Å²) in [5.74, 6) is -2.21. The van der Waals surface area contributed by atoms with Gasteiger partial charge < -0.3 is 10.0 Å². The molecule has 1 amide bonds. The van der Waals surface area contributed by atoms with E-state index in [0.29, 0.717) is 6.42 Å². The number of pyridine rings is 1. The molecule has 1 N–H and O–H groups in total. The summed E-state index contributed by atoms with van der Waals surface area (Å²) >= 11 is 0. The second-order valence-corrected chi connectivity index (χ2v) is 7.38. The van der Waals surface area contributed by atoms with Gasteiger partial charge in [-0.1, -0.05) is 48.5 Å². The van der Waals surface area contributed by atoms with Crippen LogP contribution in [-0.2, 0) is 22.6 Å². The number of rotatable bonds is 7. The van der Waals surface area contributed by atoms with E-state index in [1.54, 1.807) is 36.7 Å². The monoisotopic (exact) mass is 416 g/mol. The van der Waals surface area contributed by atoms with Gasteiger partial charge in [-0.2, -0.15) is 0 Å². The molecule has 0 saturated heterocycles. The Morgan fingerprint density at radius 2 is 1.65 bits per heavy atom. The van der Waals surface area contributed by atoms with Crippen molar-refractivity contribution in [2.24, 2.45) is 0 Å². The van der Waals surface area contributed by atoms with Crippen LogP contribution in [0.15, 0.2) is 90.5 Å². The SMILES string of the molecule is O=C(CCc1ccccc1)C1=C(O)C(=O)N(Cc2ccncc2)C1c1ccccc1F. The zero-order valence-electron chi connectivity index (χ0n) is 16.7. The number of aromatic nitrogens is 1. The Morgan fingerprint density at radius 3 is 2.35 bits per heavy atom. The van der Waals surface area contributed by atoms with Crippen LogP contribution < -0.4 is 0 Å². The van der Waals surface area contributed by atoms with Crippen molar-refractivity contribution < 1.29 is 19.1 Å². The highest BCUT2D eigenvalue weighted by Crippen LogP contribution is 2.40. The molecule has 0 aliphatic carbocycles. The number of carbonyl (C=O) groups excluding carboxylic acids is 2. The Labute approximate surface area is 179 Å². The molecule has 1 aromatic heterocycles. The summed E-state index contributed by atoms with van der Waals surface area (Å²) in [7, 11) is 0. The van der Waals surface area contributed by atoms with Crippen molar-refractivity contribution in [2.45, 2.75) is 25.4 Å². The Hall–Kier alpha value is -3.80. The molecule has 0 bridgehead atoms. The highest BCUT2D eigenvalue weighted by atomic mass is 19.1. The number of hydrogen-bond donors (Lipinski definition) is 1. The molecule has 3 aromatic rings. The third-order valence-electron chi connectivity index (χ3n) is 5.39. The van der Waals surface area contributed by atoms with Crippen LogP contribution in [0, 0.1) is 5.82 Å². The minimum Gasteiger partial charge on any atom is -0.503 e. The molecule has 1 aliphatic rings. The number of carbonyl (C=O) groups is 2. The van der Waals surface area contributed by atoms with Crippen molar-refractivity contribution in [3.8, 4) is 0 Å². The molecular formula is C25H21FN2O3. The summed E-state index contributed by atoms with van der Waals surface area (Å²) in [5.41, 5.74) is 1.85. The third-order valence-corrected chi connectivity index (χ3v) is 5.39. The normalized spacial score (nSPS) is 16.1. The summed E-state index contributed by atoms with van der Waals surface area (Å²) in [6, 6.07) is 18.0. The lowest BCUT2D eigenvalue weighted by Crippen LogP contribution is -2.31. The first-order chi connectivity index (χ1) is 15.1. The molecular weight excluding hydrogens is 395 g/mol. The standard InChI is InChI=1S/C25H21FN2O3/c26-20-9-5-4-8-19(20)23-22(21(29)11-10-17-6-2-1-3-7-17)24(30)25(31)28(23)16-18-12-14-27-15-13-18/h1-9,12-15,23,30H,10-11,16H2. The molecule has 6 heteroatoms. The molecule has 2 aromatic carbocycles. The van der Waals surface area contributed by atoms with Crippen LogP contribution in [0.1, 0.15) is 29.2 Å². The van der Waals surface area contributed by atoms with Gasteiger partial charge in [0.1, 0.15) is 5.82 Å². The van der Waals surface area contributed by atoms with Crippen molar-refractivity contribution in [1.82, 2.24) is 9.88 Å². The molecule has 2 heterocycles. The first-order valence-electron chi connectivity index (χ1n) is 10.0. The highest BCUT2D eigenvalue weighted by Gasteiger charge is 2.44. The van der Waals surface area contributed by atoms with E-state index in [1.165, 1.54) is 17.0 Å². The van der Waals surface area contributed by atoms with Gasteiger partial charge in [0.05, 0.1) is 11.6 Å². The minimum absolute atomic E-state index is 0.0555. The van der Waals surface area contributed by atoms with Gasteiger partial charge in [-0.25, -0.2) is 4.39 Å². The lowest BCUT2D eigenvalue weighted by Gasteiger charge is -2.27. The average molecular weight is 416 g/mol. The van der Waals surface area contributed by atoms with Gasteiger partial charge in [-0.05, 0) is 35.7 Å². The molecule has 31 heavy (non-hydrogen) atoms. The Kier molecular flexibility index (Phi) is 5.89. The molecule has 1 unspecified atom stereocenters. The Morgan fingerprint density at radius 1 is 0.968 bits per heavy atom. The summed E-state index contributed by atoms with van der Waals surface area (Å²) in [5, 5.41) is 10.6.